The van der Waals surface area contributed by atoms with Crippen LogP contribution in [0.3, 0.4) is 0 Å². The van der Waals surface area contributed by atoms with E-state index in [2.05, 4.69) is 12.1 Å². The van der Waals surface area contributed by atoms with Crippen LogP contribution in [0.2, 0.25) is 0 Å². The van der Waals surface area contributed by atoms with Crippen LogP contribution in [-0.2, 0) is 13.0 Å². The van der Waals surface area contributed by atoms with Crippen molar-refractivity contribution in [2.75, 3.05) is 13.7 Å². The summed E-state index contributed by atoms with van der Waals surface area (Å²) in [4.78, 5) is 2.02. The van der Waals surface area contributed by atoms with Gasteiger partial charge in [0.2, 0.25) is 0 Å². The first-order valence-corrected chi connectivity index (χ1v) is 5.31. The summed E-state index contributed by atoms with van der Waals surface area (Å²) in [5.41, 5.74) is 8.24. The minimum atomic E-state index is 0.483. The van der Waals surface area contributed by atoms with Crippen molar-refractivity contribution < 1.29 is 4.74 Å². The molecule has 0 bridgehead atoms. The Balaban J connectivity index is 2.24. The number of nitrogens with two attached hydrogens (primary N) is 1. The van der Waals surface area contributed by atoms with Crippen LogP contribution in [-0.4, -0.2) is 23.7 Å². The Hall–Kier alpha value is -1.29. The predicted molar refractivity (Wildman–Crippen MR) is 63.9 cm³/mol. The molecule has 2 rings (SSSR count). The smallest absolute Gasteiger partial charge is 0.166 e. The molecule has 80 valence electrons. The van der Waals surface area contributed by atoms with Crippen LogP contribution in [0.25, 0.3) is 0 Å². The van der Waals surface area contributed by atoms with Gasteiger partial charge in [-0.15, -0.1) is 0 Å². The van der Waals surface area contributed by atoms with Crippen LogP contribution >= 0.6 is 12.2 Å². The Kier molecular flexibility index (Phi) is 2.77. The Morgan fingerprint density at radius 2 is 2.27 bits per heavy atom. The molecular weight excluding hydrogens is 208 g/mol. The van der Waals surface area contributed by atoms with Crippen molar-refractivity contribution in [3.63, 3.8) is 0 Å². The molecule has 4 heteroatoms. The number of rotatable bonds is 1. The van der Waals surface area contributed by atoms with Crippen molar-refractivity contribution in [3.05, 3.63) is 29.3 Å². The van der Waals surface area contributed by atoms with Gasteiger partial charge in [0.05, 0.1) is 7.11 Å². The number of hydrogen-bond acceptors (Lipinski definition) is 2. The zero-order chi connectivity index (χ0) is 10.8. The highest BCUT2D eigenvalue weighted by Crippen LogP contribution is 2.23. The highest BCUT2D eigenvalue weighted by molar-refractivity contribution is 7.80. The highest BCUT2D eigenvalue weighted by Gasteiger charge is 2.16. The number of benzene rings is 1. The zero-order valence-electron chi connectivity index (χ0n) is 8.69. The summed E-state index contributed by atoms with van der Waals surface area (Å²) in [7, 11) is 1.69. The summed E-state index contributed by atoms with van der Waals surface area (Å²) >= 11 is 4.97. The maximum Gasteiger partial charge on any atom is 0.166 e. The number of methoxy groups -OCH3 is 1. The first-order valence-electron chi connectivity index (χ1n) is 4.91. The van der Waals surface area contributed by atoms with Crippen LogP contribution in [0.5, 0.6) is 5.75 Å². The number of hydrogen-bond donors (Lipinski definition) is 1. The van der Waals surface area contributed by atoms with Gasteiger partial charge in [-0.05, 0) is 41.9 Å². The molecule has 0 saturated carbocycles. The van der Waals surface area contributed by atoms with E-state index in [0.29, 0.717) is 5.11 Å². The van der Waals surface area contributed by atoms with E-state index in [1.807, 2.05) is 11.0 Å². The molecule has 0 atom stereocenters. The Morgan fingerprint density at radius 1 is 1.47 bits per heavy atom. The minimum absolute atomic E-state index is 0.483. The van der Waals surface area contributed by atoms with Crippen molar-refractivity contribution in [2.24, 2.45) is 5.73 Å². The predicted octanol–water partition coefficient (Wildman–Crippen LogP) is 1.30. The van der Waals surface area contributed by atoms with Crippen LogP contribution < -0.4 is 10.5 Å². The summed E-state index contributed by atoms with van der Waals surface area (Å²) in [6.07, 6.45) is 0.976. The molecule has 1 aromatic rings. The van der Waals surface area contributed by atoms with E-state index in [-0.39, 0.29) is 0 Å². The average Bonchev–Trinajstić information content (AvgIpc) is 2.27. The fourth-order valence-electron chi connectivity index (χ4n) is 1.84. The largest absolute Gasteiger partial charge is 0.497 e. The van der Waals surface area contributed by atoms with E-state index in [1.54, 1.807) is 7.11 Å². The van der Waals surface area contributed by atoms with Gasteiger partial charge in [-0.3, -0.25) is 0 Å². The third-order valence-corrected chi connectivity index (χ3v) is 3.00. The van der Waals surface area contributed by atoms with Crippen molar-refractivity contribution in [1.29, 1.82) is 0 Å². The molecule has 1 aromatic carbocycles. The molecule has 0 unspecified atom stereocenters. The lowest BCUT2D eigenvalue weighted by Gasteiger charge is -2.29. The Bertz CT molecular complexity index is 392. The molecular formula is C11H14N2OS. The maximum absolute atomic E-state index is 5.61. The third kappa shape index (κ3) is 2.04. The topological polar surface area (TPSA) is 38.5 Å². The van der Waals surface area contributed by atoms with E-state index in [1.165, 1.54) is 11.1 Å². The molecule has 15 heavy (non-hydrogen) atoms. The van der Waals surface area contributed by atoms with Gasteiger partial charge in [-0.1, -0.05) is 6.07 Å². The van der Waals surface area contributed by atoms with Gasteiger partial charge < -0.3 is 15.4 Å². The summed E-state index contributed by atoms with van der Waals surface area (Å²) < 4.78 is 5.19. The van der Waals surface area contributed by atoms with E-state index < -0.39 is 0 Å². The van der Waals surface area contributed by atoms with Crippen LogP contribution in [0.1, 0.15) is 11.1 Å². The first kappa shape index (κ1) is 10.2. The van der Waals surface area contributed by atoms with Gasteiger partial charge >= 0.3 is 0 Å². The number of nitrogens with zero attached hydrogens (tertiary/aromatic N) is 1. The van der Waals surface area contributed by atoms with Gasteiger partial charge in [-0.2, -0.15) is 0 Å². The lowest BCUT2D eigenvalue weighted by molar-refractivity contribution is 0.390. The van der Waals surface area contributed by atoms with Crippen molar-refractivity contribution in [2.45, 2.75) is 13.0 Å². The third-order valence-electron chi connectivity index (χ3n) is 2.74. The quantitative estimate of drug-likeness (QED) is 0.727. The SMILES string of the molecule is COc1ccc2c(c1)CCN(C(N)=S)C2. The first-order chi connectivity index (χ1) is 7.20. The fourth-order valence-corrected chi connectivity index (χ4v) is 2.00. The van der Waals surface area contributed by atoms with Gasteiger partial charge in [0, 0.05) is 13.1 Å². The summed E-state index contributed by atoms with van der Waals surface area (Å²) in [5, 5.41) is 0.483. The second-order valence-electron chi connectivity index (χ2n) is 3.64. The molecule has 0 aromatic heterocycles. The van der Waals surface area contributed by atoms with Gasteiger partial charge in [-0.25, -0.2) is 0 Å². The number of fused-ring (bicyclic) bond motifs is 1. The second kappa shape index (κ2) is 4.06. The van der Waals surface area contributed by atoms with E-state index in [4.69, 9.17) is 22.7 Å². The molecule has 1 aliphatic heterocycles. The lowest BCUT2D eigenvalue weighted by Crippen LogP contribution is -2.39. The molecule has 0 spiro atoms. The van der Waals surface area contributed by atoms with Crippen LogP contribution in [0.4, 0.5) is 0 Å². The molecule has 0 saturated heterocycles. The molecule has 1 aliphatic rings. The average molecular weight is 222 g/mol. The molecule has 1 heterocycles. The number of thiocarbonyl (C=S) groups is 1. The molecule has 0 radical (unpaired) electrons. The summed E-state index contributed by atoms with van der Waals surface area (Å²) in [5.74, 6) is 0.914. The van der Waals surface area contributed by atoms with Gasteiger partial charge in [0.15, 0.2) is 5.11 Å². The van der Waals surface area contributed by atoms with Crippen LogP contribution in [0, 0.1) is 0 Å². The van der Waals surface area contributed by atoms with E-state index >= 15 is 0 Å². The van der Waals surface area contributed by atoms with E-state index in [9.17, 15) is 0 Å². The monoisotopic (exact) mass is 222 g/mol. The van der Waals surface area contributed by atoms with Crippen molar-refractivity contribution >= 4 is 17.3 Å². The fraction of sp³-hybridized carbons (Fsp3) is 0.364. The van der Waals surface area contributed by atoms with Crippen LogP contribution in [0.15, 0.2) is 18.2 Å². The lowest BCUT2D eigenvalue weighted by atomic mass is 10.00. The standard InChI is InChI=1S/C11H14N2OS/c1-14-10-3-2-9-7-13(11(12)15)5-4-8(9)6-10/h2-3,6H,4-5,7H2,1H3,(H2,12,15). The molecule has 3 nitrogen and oxygen atoms in total. The molecule has 0 fully saturated rings. The highest BCUT2D eigenvalue weighted by atomic mass is 32.1. The summed E-state index contributed by atoms with van der Waals surface area (Å²) in [6, 6.07) is 6.15. The molecule has 2 N–H and O–H groups in total. The van der Waals surface area contributed by atoms with E-state index in [0.717, 1.165) is 25.3 Å². The van der Waals surface area contributed by atoms with Gasteiger partial charge in [0.25, 0.3) is 0 Å². The zero-order valence-corrected chi connectivity index (χ0v) is 9.51. The second-order valence-corrected chi connectivity index (χ2v) is 4.06. The Morgan fingerprint density at radius 3 is 2.93 bits per heavy atom. The van der Waals surface area contributed by atoms with Crippen molar-refractivity contribution in [3.8, 4) is 5.75 Å². The normalized spacial score (nSPS) is 14.6. The molecule has 0 aliphatic carbocycles. The Labute approximate surface area is 94.8 Å². The molecule has 0 amide bonds. The number of ether oxygens (including phenoxy) is 1. The summed E-state index contributed by atoms with van der Waals surface area (Å²) in [6.45, 7) is 1.71. The van der Waals surface area contributed by atoms with Crippen molar-refractivity contribution in [1.82, 2.24) is 4.90 Å². The van der Waals surface area contributed by atoms with Gasteiger partial charge in [0.1, 0.15) is 5.75 Å². The maximum atomic E-state index is 5.61. The minimum Gasteiger partial charge on any atom is -0.497 e.